The Hall–Kier alpha value is -3.60. The predicted octanol–water partition coefficient (Wildman–Crippen LogP) is 2.21. The average Bonchev–Trinajstić information content (AvgIpc) is 3.41. The van der Waals surface area contributed by atoms with Crippen LogP contribution in [0, 0.1) is 0 Å². The number of nitrogens with zero attached hydrogens (tertiary/aromatic N) is 4. The van der Waals surface area contributed by atoms with Gasteiger partial charge in [-0.15, -0.1) is 11.8 Å². The zero-order valence-electron chi connectivity index (χ0n) is 16.7. The standard InChI is InChI=1S/C20H20N8O2S/c1-31-14-6-2-11(3-7-14)9-21-18-25-16-12(8-15-17(29)26-20(30)24-15)10-22-28(16)19(27-18)23-13-4-5-13/h2-3,6-8,10,13H,4-5,9H2,1H3,(H2,21,23,25,27)(H2,24,26,29,30)/b15-8-. The summed E-state index contributed by atoms with van der Waals surface area (Å²) in [6.07, 6.45) is 7.36. The van der Waals surface area contributed by atoms with Crippen LogP contribution in [0.15, 0.2) is 41.1 Å². The molecule has 1 aromatic carbocycles. The number of fused-ring (bicyclic) bond motifs is 1. The van der Waals surface area contributed by atoms with Crippen molar-refractivity contribution in [3.63, 3.8) is 0 Å². The number of rotatable bonds is 7. The molecule has 0 spiro atoms. The molecule has 1 aliphatic carbocycles. The molecule has 31 heavy (non-hydrogen) atoms. The Morgan fingerprint density at radius 1 is 1.19 bits per heavy atom. The summed E-state index contributed by atoms with van der Waals surface area (Å²) < 4.78 is 1.61. The minimum absolute atomic E-state index is 0.151. The van der Waals surface area contributed by atoms with Crippen LogP contribution in [-0.2, 0) is 11.3 Å². The Balaban J connectivity index is 1.46. The summed E-state index contributed by atoms with van der Waals surface area (Å²) in [5.74, 6) is 0.545. The third kappa shape index (κ3) is 4.17. The molecule has 1 saturated heterocycles. The summed E-state index contributed by atoms with van der Waals surface area (Å²) in [6, 6.07) is 8.11. The number of benzene rings is 1. The Morgan fingerprint density at radius 3 is 2.68 bits per heavy atom. The van der Waals surface area contributed by atoms with E-state index in [0.717, 1.165) is 18.4 Å². The third-order valence-corrected chi connectivity index (χ3v) is 5.68. The third-order valence-electron chi connectivity index (χ3n) is 4.94. The van der Waals surface area contributed by atoms with E-state index in [0.29, 0.717) is 35.7 Å². The molecule has 3 heterocycles. The molecule has 5 rings (SSSR count). The van der Waals surface area contributed by atoms with Gasteiger partial charge in [-0.3, -0.25) is 10.1 Å². The SMILES string of the molecule is CSc1ccc(CNc2nc(NC3CC3)n3ncc(/C=C4\NC(=O)NC4=O)c3n2)cc1. The Morgan fingerprint density at radius 2 is 2.00 bits per heavy atom. The zero-order valence-corrected chi connectivity index (χ0v) is 17.5. The van der Waals surface area contributed by atoms with E-state index in [1.54, 1.807) is 28.6 Å². The van der Waals surface area contributed by atoms with Gasteiger partial charge < -0.3 is 16.0 Å². The second-order valence-electron chi connectivity index (χ2n) is 7.29. The smallest absolute Gasteiger partial charge is 0.326 e. The van der Waals surface area contributed by atoms with Crippen molar-refractivity contribution >= 4 is 47.3 Å². The average molecular weight is 437 g/mol. The van der Waals surface area contributed by atoms with Crippen LogP contribution < -0.4 is 21.3 Å². The summed E-state index contributed by atoms with van der Waals surface area (Å²) >= 11 is 1.70. The maximum atomic E-state index is 11.9. The van der Waals surface area contributed by atoms with Crippen molar-refractivity contribution in [1.82, 2.24) is 30.2 Å². The molecule has 2 aromatic heterocycles. The maximum absolute atomic E-state index is 11.9. The lowest BCUT2D eigenvalue weighted by Gasteiger charge is -2.10. The van der Waals surface area contributed by atoms with E-state index in [-0.39, 0.29) is 5.70 Å². The van der Waals surface area contributed by atoms with Crippen LogP contribution in [-0.4, -0.2) is 43.8 Å². The quantitative estimate of drug-likeness (QED) is 0.252. The maximum Gasteiger partial charge on any atom is 0.326 e. The van der Waals surface area contributed by atoms with E-state index in [2.05, 4.69) is 60.6 Å². The fourth-order valence-electron chi connectivity index (χ4n) is 3.14. The van der Waals surface area contributed by atoms with Crippen LogP contribution in [0.3, 0.4) is 0 Å². The molecule has 0 bridgehead atoms. The number of hydrogen-bond acceptors (Lipinski definition) is 8. The van der Waals surface area contributed by atoms with Gasteiger partial charge in [-0.25, -0.2) is 4.79 Å². The zero-order chi connectivity index (χ0) is 21.4. The minimum Gasteiger partial charge on any atom is -0.351 e. The number of thioether (sulfide) groups is 1. The number of nitrogens with one attached hydrogen (secondary N) is 4. The molecule has 0 radical (unpaired) electrons. The van der Waals surface area contributed by atoms with Gasteiger partial charge in [0.25, 0.3) is 5.91 Å². The lowest BCUT2D eigenvalue weighted by atomic mass is 10.2. The molecule has 2 fully saturated rings. The summed E-state index contributed by atoms with van der Waals surface area (Å²) in [7, 11) is 0. The van der Waals surface area contributed by atoms with E-state index in [1.165, 1.54) is 4.90 Å². The van der Waals surface area contributed by atoms with Crippen molar-refractivity contribution in [2.75, 3.05) is 16.9 Å². The Bertz CT molecular complexity index is 1200. The molecule has 3 aromatic rings. The largest absolute Gasteiger partial charge is 0.351 e. The van der Waals surface area contributed by atoms with Gasteiger partial charge in [-0.2, -0.15) is 19.6 Å². The van der Waals surface area contributed by atoms with Crippen LogP contribution >= 0.6 is 11.8 Å². The fourth-order valence-corrected chi connectivity index (χ4v) is 3.55. The summed E-state index contributed by atoms with van der Waals surface area (Å²) in [4.78, 5) is 33.7. The number of urea groups is 1. The molecule has 10 nitrogen and oxygen atoms in total. The minimum atomic E-state index is -0.548. The highest BCUT2D eigenvalue weighted by atomic mass is 32.2. The van der Waals surface area contributed by atoms with Crippen LogP contribution in [0.2, 0.25) is 0 Å². The van der Waals surface area contributed by atoms with E-state index in [1.807, 2.05) is 6.26 Å². The topological polar surface area (TPSA) is 125 Å². The van der Waals surface area contributed by atoms with Gasteiger partial charge in [0.1, 0.15) is 5.70 Å². The molecule has 1 aliphatic heterocycles. The molecular weight excluding hydrogens is 416 g/mol. The van der Waals surface area contributed by atoms with Gasteiger partial charge in [0.05, 0.1) is 6.20 Å². The second kappa shape index (κ2) is 7.91. The van der Waals surface area contributed by atoms with Gasteiger partial charge >= 0.3 is 6.03 Å². The first-order valence-electron chi connectivity index (χ1n) is 9.82. The van der Waals surface area contributed by atoms with Crippen molar-refractivity contribution in [3.8, 4) is 0 Å². The lowest BCUT2D eigenvalue weighted by molar-refractivity contribution is -0.115. The van der Waals surface area contributed by atoms with Gasteiger partial charge in [0, 0.05) is 23.0 Å². The van der Waals surface area contributed by atoms with Gasteiger partial charge in [-0.05, 0) is 42.9 Å². The first kappa shape index (κ1) is 19.4. The number of aromatic nitrogens is 4. The number of anilines is 2. The van der Waals surface area contributed by atoms with Crippen molar-refractivity contribution < 1.29 is 9.59 Å². The monoisotopic (exact) mass is 436 g/mol. The van der Waals surface area contributed by atoms with Crippen LogP contribution in [0.5, 0.6) is 0 Å². The number of carbonyl (C=O) groups excluding carboxylic acids is 2. The molecule has 1 saturated carbocycles. The van der Waals surface area contributed by atoms with Crippen molar-refractivity contribution in [1.29, 1.82) is 0 Å². The number of carbonyl (C=O) groups is 2. The molecule has 2 aliphatic rings. The number of hydrogen-bond donors (Lipinski definition) is 4. The summed E-state index contributed by atoms with van der Waals surface area (Å²) in [5, 5.41) is 15.7. The molecule has 0 unspecified atom stereocenters. The van der Waals surface area contributed by atoms with Crippen molar-refractivity contribution in [3.05, 3.63) is 47.3 Å². The van der Waals surface area contributed by atoms with Crippen LogP contribution in [0.1, 0.15) is 24.0 Å². The molecular formula is C20H20N8O2S. The highest BCUT2D eigenvalue weighted by molar-refractivity contribution is 7.98. The van der Waals surface area contributed by atoms with Crippen molar-refractivity contribution in [2.24, 2.45) is 0 Å². The van der Waals surface area contributed by atoms with Gasteiger partial charge in [-0.1, -0.05) is 12.1 Å². The molecule has 11 heteroatoms. The van der Waals surface area contributed by atoms with E-state index in [9.17, 15) is 9.59 Å². The highest BCUT2D eigenvalue weighted by Gasteiger charge is 2.25. The van der Waals surface area contributed by atoms with Crippen molar-refractivity contribution in [2.45, 2.75) is 30.3 Å². The van der Waals surface area contributed by atoms with E-state index < -0.39 is 11.9 Å². The lowest BCUT2D eigenvalue weighted by Crippen LogP contribution is -2.22. The van der Waals surface area contributed by atoms with Crippen LogP contribution in [0.25, 0.3) is 11.7 Å². The molecule has 0 atom stereocenters. The highest BCUT2D eigenvalue weighted by Crippen LogP contribution is 2.26. The van der Waals surface area contributed by atoms with Gasteiger partial charge in [0.15, 0.2) is 5.65 Å². The Labute approximate surface area is 181 Å². The van der Waals surface area contributed by atoms with E-state index in [4.69, 9.17) is 0 Å². The van der Waals surface area contributed by atoms with Crippen LogP contribution in [0.4, 0.5) is 16.7 Å². The molecule has 3 amide bonds. The second-order valence-corrected chi connectivity index (χ2v) is 8.17. The number of imide groups is 1. The fraction of sp³-hybridized carbons (Fsp3) is 0.250. The van der Waals surface area contributed by atoms with E-state index >= 15 is 0 Å². The first-order chi connectivity index (χ1) is 15.1. The van der Waals surface area contributed by atoms with Gasteiger partial charge in [0.2, 0.25) is 11.9 Å². The Kier molecular flexibility index (Phi) is 4.94. The molecule has 158 valence electrons. The predicted molar refractivity (Wildman–Crippen MR) is 118 cm³/mol. The molecule has 4 N–H and O–H groups in total. The summed E-state index contributed by atoms with van der Waals surface area (Å²) in [6.45, 7) is 0.566. The summed E-state index contributed by atoms with van der Waals surface area (Å²) in [5.41, 5.74) is 2.39. The first-order valence-corrected chi connectivity index (χ1v) is 11.0. The normalized spacial score (nSPS) is 17.1. The number of amides is 3.